The Morgan fingerprint density at radius 2 is 1.92 bits per heavy atom. The summed E-state index contributed by atoms with van der Waals surface area (Å²) in [5.41, 5.74) is 0. The summed E-state index contributed by atoms with van der Waals surface area (Å²) in [6.07, 6.45) is 5.04. The normalized spacial score (nSPS) is 21.1. The van der Waals surface area contributed by atoms with Crippen LogP contribution in [0.2, 0.25) is 0 Å². The van der Waals surface area contributed by atoms with Gasteiger partial charge in [-0.1, -0.05) is 11.3 Å². The number of anilines is 1. The van der Waals surface area contributed by atoms with Crippen molar-refractivity contribution in [3.05, 3.63) is 11.1 Å². The van der Waals surface area contributed by atoms with E-state index in [1.807, 2.05) is 0 Å². The fourth-order valence-corrected chi connectivity index (χ4v) is 4.15. The Labute approximate surface area is 155 Å². The molecule has 0 unspecified atom stereocenters. The average Bonchev–Trinajstić information content (AvgIpc) is 3.01. The van der Waals surface area contributed by atoms with Gasteiger partial charge in [0.05, 0.1) is 12.3 Å². The number of aliphatic hydroxyl groups excluding tert-OH is 1. The number of carbonyl (C=O) groups excluding carboxylic acids is 1. The summed E-state index contributed by atoms with van der Waals surface area (Å²) in [5.74, 6) is -0.0583. The molecule has 0 aliphatic heterocycles. The lowest BCUT2D eigenvalue weighted by molar-refractivity contribution is 0.0943. The summed E-state index contributed by atoms with van der Waals surface area (Å²) in [4.78, 5) is 19.6. The largest absolute Gasteiger partial charge is 0.393 e. The first-order valence-electron chi connectivity index (χ1n) is 9.31. The van der Waals surface area contributed by atoms with E-state index < -0.39 is 0 Å². The second-order valence-corrected chi connectivity index (χ2v) is 8.39. The van der Waals surface area contributed by atoms with Gasteiger partial charge in [-0.05, 0) is 53.4 Å². The van der Waals surface area contributed by atoms with Crippen LogP contribution in [-0.2, 0) is 0 Å². The van der Waals surface area contributed by atoms with Crippen molar-refractivity contribution in [1.29, 1.82) is 0 Å². The molecular formula is C18H32N4O2S. The van der Waals surface area contributed by atoms with Crippen molar-refractivity contribution in [2.75, 3.05) is 18.4 Å². The Hall–Kier alpha value is -1.18. The van der Waals surface area contributed by atoms with Crippen molar-refractivity contribution in [3.63, 3.8) is 0 Å². The van der Waals surface area contributed by atoms with Gasteiger partial charge in [-0.25, -0.2) is 4.98 Å². The van der Waals surface area contributed by atoms with Gasteiger partial charge in [0, 0.05) is 31.2 Å². The molecule has 6 nitrogen and oxygen atoms in total. The van der Waals surface area contributed by atoms with Crippen molar-refractivity contribution in [2.24, 2.45) is 0 Å². The third-order valence-electron chi connectivity index (χ3n) is 4.74. The molecule has 2 rings (SSSR count). The molecule has 1 amide bonds. The van der Waals surface area contributed by atoms with Gasteiger partial charge in [0.15, 0.2) is 5.13 Å². The standard InChI is InChI=1S/C18H32N4O2S/c1-12(2)22(13(3)4)10-9-19-17(24)16-11-20-18(25-16)21-14-5-7-15(23)8-6-14/h11-15,23H,5-10H2,1-4H3,(H,19,24)(H,20,21). The molecule has 25 heavy (non-hydrogen) atoms. The molecule has 1 aromatic heterocycles. The monoisotopic (exact) mass is 368 g/mol. The lowest BCUT2D eigenvalue weighted by Gasteiger charge is -2.30. The van der Waals surface area contributed by atoms with Gasteiger partial charge in [-0.3, -0.25) is 9.69 Å². The number of thiazole rings is 1. The number of nitrogens with zero attached hydrogens (tertiary/aromatic N) is 2. The van der Waals surface area contributed by atoms with Gasteiger partial charge in [0.25, 0.3) is 5.91 Å². The summed E-state index contributed by atoms with van der Waals surface area (Å²) in [7, 11) is 0. The molecule has 0 saturated heterocycles. The van der Waals surface area contributed by atoms with Gasteiger partial charge in [-0.2, -0.15) is 0 Å². The number of carbonyl (C=O) groups is 1. The van der Waals surface area contributed by atoms with Crippen LogP contribution in [0.25, 0.3) is 0 Å². The van der Waals surface area contributed by atoms with Gasteiger partial charge >= 0.3 is 0 Å². The van der Waals surface area contributed by atoms with Gasteiger partial charge in [-0.15, -0.1) is 0 Å². The summed E-state index contributed by atoms with van der Waals surface area (Å²) >= 11 is 1.40. The molecule has 0 bridgehead atoms. The van der Waals surface area contributed by atoms with Crippen LogP contribution in [0.3, 0.4) is 0 Å². The van der Waals surface area contributed by atoms with Crippen LogP contribution in [0.5, 0.6) is 0 Å². The van der Waals surface area contributed by atoms with Gasteiger partial charge < -0.3 is 15.7 Å². The fraction of sp³-hybridized carbons (Fsp3) is 0.778. The Morgan fingerprint density at radius 3 is 2.52 bits per heavy atom. The van der Waals surface area contributed by atoms with Crippen LogP contribution in [0.1, 0.15) is 63.0 Å². The molecule has 0 atom stereocenters. The van der Waals surface area contributed by atoms with E-state index in [9.17, 15) is 9.90 Å². The number of nitrogens with one attached hydrogen (secondary N) is 2. The maximum atomic E-state index is 12.3. The highest BCUT2D eigenvalue weighted by molar-refractivity contribution is 7.17. The van der Waals surface area contributed by atoms with Crippen LogP contribution < -0.4 is 10.6 Å². The first kappa shape index (κ1) is 20.1. The summed E-state index contributed by atoms with van der Waals surface area (Å²) in [5, 5.41) is 16.7. The molecule has 3 N–H and O–H groups in total. The van der Waals surface area contributed by atoms with Crippen LogP contribution >= 0.6 is 11.3 Å². The predicted molar refractivity (Wildman–Crippen MR) is 103 cm³/mol. The van der Waals surface area contributed by atoms with Crippen molar-refractivity contribution < 1.29 is 9.90 Å². The second kappa shape index (κ2) is 9.50. The molecule has 1 aliphatic carbocycles. The zero-order valence-corrected chi connectivity index (χ0v) is 16.6. The Balaban J connectivity index is 1.78. The Kier molecular flexibility index (Phi) is 7.65. The molecule has 142 valence electrons. The van der Waals surface area contributed by atoms with Crippen LogP contribution in [0, 0.1) is 0 Å². The molecule has 0 spiro atoms. The highest BCUT2D eigenvalue weighted by atomic mass is 32.1. The maximum Gasteiger partial charge on any atom is 0.263 e. The third-order valence-corrected chi connectivity index (χ3v) is 5.66. The lowest BCUT2D eigenvalue weighted by atomic mass is 9.93. The van der Waals surface area contributed by atoms with Crippen molar-refractivity contribution in [2.45, 2.75) is 77.6 Å². The number of aliphatic hydroxyl groups is 1. The first-order valence-corrected chi connectivity index (χ1v) is 10.1. The summed E-state index contributed by atoms with van der Waals surface area (Å²) in [6.45, 7) is 10.2. The molecule has 1 saturated carbocycles. The number of hydrogen-bond donors (Lipinski definition) is 3. The second-order valence-electron chi connectivity index (χ2n) is 7.36. The molecule has 0 radical (unpaired) electrons. The Bertz CT molecular complexity index is 531. The molecule has 1 fully saturated rings. The van der Waals surface area contributed by atoms with E-state index >= 15 is 0 Å². The topological polar surface area (TPSA) is 77.5 Å². The number of rotatable bonds is 8. The minimum absolute atomic E-state index is 0.0583. The molecule has 1 heterocycles. The summed E-state index contributed by atoms with van der Waals surface area (Å²) < 4.78 is 0. The van der Waals surface area contributed by atoms with E-state index in [4.69, 9.17) is 0 Å². The van der Waals surface area contributed by atoms with Crippen LogP contribution in [0.4, 0.5) is 5.13 Å². The fourth-order valence-electron chi connectivity index (χ4n) is 3.34. The molecule has 1 aliphatic rings. The van der Waals surface area contributed by atoms with E-state index in [-0.39, 0.29) is 12.0 Å². The molecule has 0 aromatic carbocycles. The Morgan fingerprint density at radius 1 is 1.28 bits per heavy atom. The minimum Gasteiger partial charge on any atom is -0.393 e. The van der Waals surface area contributed by atoms with Gasteiger partial charge in [0.1, 0.15) is 4.88 Å². The average molecular weight is 369 g/mol. The van der Waals surface area contributed by atoms with Gasteiger partial charge in [0.2, 0.25) is 0 Å². The maximum absolute atomic E-state index is 12.3. The zero-order valence-electron chi connectivity index (χ0n) is 15.8. The number of aromatic nitrogens is 1. The van der Waals surface area contributed by atoms with Crippen molar-refractivity contribution in [3.8, 4) is 0 Å². The lowest BCUT2D eigenvalue weighted by Crippen LogP contribution is -2.42. The smallest absolute Gasteiger partial charge is 0.263 e. The number of amides is 1. The molecule has 7 heteroatoms. The summed E-state index contributed by atoms with van der Waals surface area (Å²) in [6, 6.07) is 1.27. The number of hydrogen-bond acceptors (Lipinski definition) is 6. The molecule has 1 aromatic rings. The first-order chi connectivity index (χ1) is 11.9. The van der Waals surface area contributed by atoms with E-state index in [1.165, 1.54) is 11.3 Å². The van der Waals surface area contributed by atoms with E-state index in [2.05, 4.69) is 48.2 Å². The highest BCUT2D eigenvalue weighted by Crippen LogP contribution is 2.25. The van der Waals surface area contributed by atoms with Crippen molar-refractivity contribution >= 4 is 22.4 Å². The quantitative estimate of drug-likeness (QED) is 0.658. The third kappa shape index (κ3) is 6.24. The van der Waals surface area contributed by atoms with Crippen LogP contribution in [0.15, 0.2) is 6.20 Å². The predicted octanol–water partition coefficient (Wildman–Crippen LogP) is 2.71. The van der Waals surface area contributed by atoms with Crippen LogP contribution in [-0.4, -0.2) is 58.2 Å². The van der Waals surface area contributed by atoms with E-state index in [0.717, 1.165) is 37.4 Å². The van der Waals surface area contributed by atoms with E-state index in [1.54, 1.807) is 6.20 Å². The highest BCUT2D eigenvalue weighted by Gasteiger charge is 2.20. The zero-order chi connectivity index (χ0) is 18.4. The molecular weight excluding hydrogens is 336 g/mol. The van der Waals surface area contributed by atoms with E-state index in [0.29, 0.717) is 29.5 Å². The minimum atomic E-state index is -0.160. The van der Waals surface area contributed by atoms with Crippen molar-refractivity contribution in [1.82, 2.24) is 15.2 Å². The SMILES string of the molecule is CC(C)N(CCNC(=O)c1cnc(NC2CCC(O)CC2)s1)C(C)C.